The summed E-state index contributed by atoms with van der Waals surface area (Å²) in [4.78, 5) is 0. The Morgan fingerprint density at radius 2 is 2.10 bits per heavy atom. The van der Waals surface area contributed by atoms with E-state index in [1.54, 1.807) is 18.2 Å². The molecule has 6 heteroatoms. The third kappa shape index (κ3) is 5.11. The summed E-state index contributed by atoms with van der Waals surface area (Å²) in [7, 11) is 0. The normalized spacial score (nSPS) is 17.9. The summed E-state index contributed by atoms with van der Waals surface area (Å²) in [5.74, 6) is 0.490. The maximum absolute atomic E-state index is 9.91. The summed E-state index contributed by atoms with van der Waals surface area (Å²) < 4.78 is 10.8. The van der Waals surface area contributed by atoms with Crippen molar-refractivity contribution in [3.63, 3.8) is 0 Å². The Morgan fingerprint density at radius 1 is 1.35 bits per heavy atom. The van der Waals surface area contributed by atoms with E-state index in [4.69, 9.17) is 32.7 Å². The van der Waals surface area contributed by atoms with Gasteiger partial charge in [0.2, 0.25) is 0 Å². The largest absolute Gasteiger partial charge is 0.489 e. The molecule has 0 aliphatic carbocycles. The lowest BCUT2D eigenvalue weighted by Crippen LogP contribution is -2.40. The Bertz CT molecular complexity index is 425. The van der Waals surface area contributed by atoms with Crippen molar-refractivity contribution in [2.45, 2.75) is 25.0 Å². The molecule has 1 saturated heterocycles. The molecule has 2 N–H and O–H groups in total. The molecule has 1 heterocycles. The SMILES string of the molecule is OC(CNC1CCOCC1)COc1cc(Cl)ccc1Cl. The van der Waals surface area contributed by atoms with Crippen LogP contribution in [0.25, 0.3) is 0 Å². The zero-order valence-corrected chi connectivity index (χ0v) is 12.7. The van der Waals surface area contributed by atoms with Crippen LogP contribution in [-0.2, 0) is 4.74 Å². The molecule has 4 nitrogen and oxygen atoms in total. The number of hydrogen-bond acceptors (Lipinski definition) is 4. The molecule has 1 aromatic rings. The Labute approximate surface area is 129 Å². The van der Waals surface area contributed by atoms with Crippen molar-refractivity contribution in [2.75, 3.05) is 26.4 Å². The highest BCUT2D eigenvalue weighted by molar-refractivity contribution is 6.34. The fourth-order valence-corrected chi connectivity index (χ4v) is 2.37. The maximum Gasteiger partial charge on any atom is 0.139 e. The van der Waals surface area contributed by atoms with Gasteiger partial charge in [-0.3, -0.25) is 0 Å². The predicted molar refractivity (Wildman–Crippen MR) is 79.8 cm³/mol. The molecule has 1 atom stereocenters. The van der Waals surface area contributed by atoms with Crippen LogP contribution in [0.1, 0.15) is 12.8 Å². The van der Waals surface area contributed by atoms with Gasteiger partial charge >= 0.3 is 0 Å². The van der Waals surface area contributed by atoms with Crippen molar-refractivity contribution in [3.05, 3.63) is 28.2 Å². The minimum absolute atomic E-state index is 0.177. The maximum atomic E-state index is 9.91. The monoisotopic (exact) mass is 319 g/mol. The first-order valence-corrected chi connectivity index (χ1v) is 7.48. The van der Waals surface area contributed by atoms with Crippen LogP contribution in [0.2, 0.25) is 10.0 Å². The second-order valence-corrected chi connectivity index (χ2v) is 5.68. The van der Waals surface area contributed by atoms with Crippen molar-refractivity contribution in [2.24, 2.45) is 0 Å². The van der Waals surface area contributed by atoms with Crippen molar-refractivity contribution >= 4 is 23.2 Å². The topological polar surface area (TPSA) is 50.7 Å². The molecule has 1 aliphatic heterocycles. The Balaban J connectivity index is 1.71. The van der Waals surface area contributed by atoms with E-state index in [9.17, 15) is 5.11 Å². The van der Waals surface area contributed by atoms with Crippen molar-refractivity contribution in [1.82, 2.24) is 5.32 Å². The number of benzene rings is 1. The van der Waals surface area contributed by atoms with Gasteiger partial charge in [-0.15, -0.1) is 0 Å². The number of ether oxygens (including phenoxy) is 2. The van der Waals surface area contributed by atoms with E-state index in [-0.39, 0.29) is 6.61 Å². The van der Waals surface area contributed by atoms with Crippen molar-refractivity contribution in [3.8, 4) is 5.75 Å². The van der Waals surface area contributed by atoms with Gasteiger partial charge in [0, 0.05) is 36.9 Å². The van der Waals surface area contributed by atoms with E-state index in [1.807, 2.05) is 0 Å². The van der Waals surface area contributed by atoms with Crippen LogP contribution in [0.3, 0.4) is 0 Å². The van der Waals surface area contributed by atoms with Crippen molar-refractivity contribution < 1.29 is 14.6 Å². The second-order valence-electron chi connectivity index (χ2n) is 4.83. The summed E-state index contributed by atoms with van der Waals surface area (Å²) in [6.07, 6.45) is 1.37. The van der Waals surface area contributed by atoms with Crippen LogP contribution in [0, 0.1) is 0 Å². The number of aliphatic hydroxyl groups is 1. The molecule has 1 aromatic carbocycles. The summed E-state index contributed by atoms with van der Waals surface area (Å²) in [5, 5.41) is 14.3. The lowest BCUT2D eigenvalue weighted by Gasteiger charge is -2.24. The van der Waals surface area contributed by atoms with Gasteiger partial charge in [0.15, 0.2) is 0 Å². The highest BCUT2D eigenvalue weighted by atomic mass is 35.5. The van der Waals surface area contributed by atoms with E-state index < -0.39 is 6.10 Å². The second kappa shape index (κ2) is 8.05. The number of aliphatic hydroxyl groups excluding tert-OH is 1. The minimum Gasteiger partial charge on any atom is -0.489 e. The van der Waals surface area contributed by atoms with Gasteiger partial charge in [-0.2, -0.15) is 0 Å². The average molecular weight is 320 g/mol. The Hall–Kier alpha value is -0.520. The third-order valence-electron chi connectivity index (χ3n) is 3.19. The van der Waals surface area contributed by atoms with E-state index >= 15 is 0 Å². The van der Waals surface area contributed by atoms with E-state index in [0.29, 0.717) is 28.4 Å². The standard InChI is InChI=1S/C14H19Cl2NO3/c15-10-1-2-13(16)14(7-10)20-9-12(18)8-17-11-3-5-19-6-4-11/h1-2,7,11-12,17-18H,3-6,8-9H2. The molecule has 1 unspecified atom stereocenters. The van der Waals surface area contributed by atoms with Crippen LogP contribution in [0.15, 0.2) is 18.2 Å². The highest BCUT2D eigenvalue weighted by Crippen LogP contribution is 2.27. The quantitative estimate of drug-likeness (QED) is 0.846. The van der Waals surface area contributed by atoms with Gasteiger partial charge in [-0.1, -0.05) is 23.2 Å². The molecule has 1 aliphatic rings. The summed E-state index contributed by atoms with van der Waals surface area (Å²) in [5.41, 5.74) is 0. The zero-order valence-electron chi connectivity index (χ0n) is 11.1. The first kappa shape index (κ1) is 15.9. The summed E-state index contributed by atoms with van der Waals surface area (Å²) >= 11 is 11.9. The molecular formula is C14H19Cl2NO3. The van der Waals surface area contributed by atoms with Crippen LogP contribution < -0.4 is 10.1 Å². The van der Waals surface area contributed by atoms with E-state index in [2.05, 4.69) is 5.32 Å². The van der Waals surface area contributed by atoms with Gasteiger partial charge in [0.1, 0.15) is 18.5 Å². The van der Waals surface area contributed by atoms with Gasteiger partial charge in [-0.25, -0.2) is 0 Å². The molecule has 0 amide bonds. The van der Waals surface area contributed by atoms with Crippen LogP contribution in [0.5, 0.6) is 5.75 Å². The predicted octanol–water partition coefficient (Wildman–Crippen LogP) is 2.50. The summed E-state index contributed by atoms with van der Waals surface area (Å²) in [6.45, 7) is 2.23. The average Bonchev–Trinajstić information content (AvgIpc) is 2.47. The Kier molecular flexibility index (Phi) is 6.39. The zero-order chi connectivity index (χ0) is 14.4. The molecule has 112 valence electrons. The molecule has 20 heavy (non-hydrogen) atoms. The molecular weight excluding hydrogens is 301 g/mol. The Morgan fingerprint density at radius 3 is 2.85 bits per heavy atom. The summed E-state index contributed by atoms with van der Waals surface area (Å²) in [6, 6.07) is 5.42. The minimum atomic E-state index is -0.590. The first-order chi connectivity index (χ1) is 9.65. The number of rotatable bonds is 6. The highest BCUT2D eigenvalue weighted by Gasteiger charge is 2.15. The first-order valence-electron chi connectivity index (χ1n) is 6.72. The number of halogens is 2. The van der Waals surface area contributed by atoms with Gasteiger partial charge < -0.3 is 19.9 Å². The molecule has 0 aromatic heterocycles. The molecule has 0 spiro atoms. The third-order valence-corrected chi connectivity index (χ3v) is 3.74. The lowest BCUT2D eigenvalue weighted by molar-refractivity contribution is 0.0655. The van der Waals surface area contributed by atoms with Gasteiger partial charge in [0.25, 0.3) is 0 Å². The number of hydrogen-bond donors (Lipinski definition) is 2. The molecule has 0 radical (unpaired) electrons. The van der Waals surface area contributed by atoms with Crippen LogP contribution >= 0.6 is 23.2 Å². The molecule has 1 fully saturated rings. The smallest absolute Gasteiger partial charge is 0.139 e. The molecule has 0 saturated carbocycles. The lowest BCUT2D eigenvalue weighted by atomic mass is 10.1. The van der Waals surface area contributed by atoms with Crippen molar-refractivity contribution in [1.29, 1.82) is 0 Å². The van der Waals surface area contributed by atoms with Gasteiger partial charge in [0.05, 0.1) is 5.02 Å². The van der Waals surface area contributed by atoms with Crippen LogP contribution in [-0.4, -0.2) is 43.6 Å². The van der Waals surface area contributed by atoms with Gasteiger partial charge in [-0.05, 0) is 25.0 Å². The number of nitrogens with one attached hydrogen (secondary N) is 1. The van der Waals surface area contributed by atoms with Crippen LogP contribution in [0.4, 0.5) is 0 Å². The fourth-order valence-electron chi connectivity index (χ4n) is 2.04. The van der Waals surface area contributed by atoms with E-state index in [1.165, 1.54) is 0 Å². The molecule has 2 rings (SSSR count). The van der Waals surface area contributed by atoms with E-state index in [0.717, 1.165) is 26.1 Å². The fraction of sp³-hybridized carbons (Fsp3) is 0.571. The molecule has 0 bridgehead atoms.